The first-order valence-electron chi connectivity index (χ1n) is 7.68. The van der Waals surface area contributed by atoms with E-state index in [4.69, 9.17) is 9.47 Å². The Morgan fingerprint density at radius 1 is 1.15 bits per heavy atom. The van der Waals surface area contributed by atoms with Gasteiger partial charge in [0.2, 0.25) is 0 Å². The van der Waals surface area contributed by atoms with Gasteiger partial charge in [-0.2, -0.15) is 0 Å². The molecule has 3 heteroatoms. The first-order chi connectivity index (χ1) is 9.61. The lowest BCUT2D eigenvalue weighted by molar-refractivity contribution is -0.0399. The van der Waals surface area contributed by atoms with Crippen molar-refractivity contribution in [3.05, 3.63) is 24.3 Å². The molecule has 112 valence electrons. The highest BCUT2D eigenvalue weighted by Crippen LogP contribution is 2.35. The Kier molecular flexibility index (Phi) is 5.30. The van der Waals surface area contributed by atoms with Gasteiger partial charge in [0, 0.05) is 0 Å². The summed E-state index contributed by atoms with van der Waals surface area (Å²) in [5.74, 6) is 2.43. The van der Waals surface area contributed by atoms with E-state index in [0.717, 1.165) is 30.8 Å². The number of para-hydroxylation sites is 2. The molecule has 0 heterocycles. The van der Waals surface area contributed by atoms with E-state index in [2.05, 4.69) is 20.8 Å². The molecule has 0 bridgehead atoms. The zero-order valence-corrected chi connectivity index (χ0v) is 12.7. The summed E-state index contributed by atoms with van der Waals surface area (Å²) in [7, 11) is 0. The quantitative estimate of drug-likeness (QED) is 0.893. The minimum absolute atomic E-state index is 0.141. The monoisotopic (exact) mass is 278 g/mol. The average Bonchev–Trinajstić information content (AvgIpc) is 2.41. The first kappa shape index (κ1) is 15.2. The maximum Gasteiger partial charge on any atom is 0.161 e. The molecule has 0 amide bonds. The summed E-state index contributed by atoms with van der Waals surface area (Å²) < 4.78 is 11.8. The van der Waals surface area contributed by atoms with Crippen LogP contribution < -0.4 is 9.47 Å². The molecule has 4 atom stereocenters. The van der Waals surface area contributed by atoms with E-state index in [-0.39, 0.29) is 6.10 Å². The van der Waals surface area contributed by atoms with E-state index < -0.39 is 6.10 Å². The predicted octanol–water partition coefficient (Wildman–Crippen LogP) is 3.65. The van der Waals surface area contributed by atoms with Crippen LogP contribution >= 0.6 is 0 Å². The van der Waals surface area contributed by atoms with Crippen molar-refractivity contribution in [3.63, 3.8) is 0 Å². The number of benzene rings is 1. The van der Waals surface area contributed by atoms with Crippen LogP contribution in [0.3, 0.4) is 0 Å². The highest BCUT2D eigenvalue weighted by molar-refractivity contribution is 5.39. The van der Waals surface area contributed by atoms with Gasteiger partial charge in [0.1, 0.15) is 6.10 Å². The molecule has 1 fully saturated rings. The van der Waals surface area contributed by atoms with Gasteiger partial charge in [-0.3, -0.25) is 0 Å². The molecule has 0 spiro atoms. The Bertz CT molecular complexity index is 406. The lowest BCUT2D eigenvalue weighted by atomic mass is 9.79. The molecule has 1 saturated carbocycles. The van der Waals surface area contributed by atoms with E-state index >= 15 is 0 Å². The van der Waals surface area contributed by atoms with Gasteiger partial charge in [0.25, 0.3) is 0 Å². The molecule has 3 nitrogen and oxygen atoms in total. The van der Waals surface area contributed by atoms with Gasteiger partial charge in [-0.15, -0.1) is 0 Å². The van der Waals surface area contributed by atoms with Crippen LogP contribution in [0.25, 0.3) is 0 Å². The largest absolute Gasteiger partial charge is 0.490 e. The van der Waals surface area contributed by atoms with Gasteiger partial charge in [0.05, 0.1) is 12.7 Å². The second-order valence-corrected chi connectivity index (χ2v) is 6.00. The van der Waals surface area contributed by atoms with Crippen LogP contribution in [0.4, 0.5) is 0 Å². The molecule has 0 radical (unpaired) electrons. The van der Waals surface area contributed by atoms with Crippen molar-refractivity contribution in [2.75, 3.05) is 6.61 Å². The molecular formula is C17H26O3. The van der Waals surface area contributed by atoms with Crippen LogP contribution in [0.5, 0.6) is 11.5 Å². The predicted molar refractivity (Wildman–Crippen MR) is 80.2 cm³/mol. The molecule has 1 aliphatic rings. The fourth-order valence-electron chi connectivity index (χ4n) is 3.01. The Labute approximate surface area is 121 Å². The van der Waals surface area contributed by atoms with Crippen molar-refractivity contribution in [3.8, 4) is 11.5 Å². The fourth-order valence-corrected chi connectivity index (χ4v) is 3.01. The summed E-state index contributed by atoms with van der Waals surface area (Å²) in [5.41, 5.74) is 0. The lowest BCUT2D eigenvalue weighted by Gasteiger charge is -2.37. The van der Waals surface area contributed by atoms with Crippen molar-refractivity contribution < 1.29 is 14.6 Å². The van der Waals surface area contributed by atoms with Gasteiger partial charge in [-0.1, -0.05) is 32.9 Å². The number of hydrogen-bond donors (Lipinski definition) is 1. The van der Waals surface area contributed by atoms with Crippen LogP contribution in [0.1, 0.15) is 40.0 Å². The molecule has 1 aromatic carbocycles. The summed E-state index contributed by atoms with van der Waals surface area (Å²) in [6, 6.07) is 7.73. The molecule has 0 saturated heterocycles. The van der Waals surface area contributed by atoms with Crippen LogP contribution in [-0.4, -0.2) is 23.9 Å². The molecule has 1 N–H and O–H groups in total. The highest BCUT2D eigenvalue weighted by Gasteiger charge is 2.34. The molecule has 20 heavy (non-hydrogen) atoms. The number of ether oxygens (including phenoxy) is 2. The number of aliphatic hydroxyl groups is 1. The second kappa shape index (κ2) is 6.98. The van der Waals surface area contributed by atoms with Crippen molar-refractivity contribution >= 4 is 0 Å². The Balaban J connectivity index is 2.08. The Morgan fingerprint density at radius 2 is 1.85 bits per heavy atom. The summed E-state index contributed by atoms with van der Waals surface area (Å²) >= 11 is 0. The standard InChI is InChI=1S/C17H26O3/c1-4-9-19-15-7-5-6-8-16(15)20-17-13(3)10-12(2)11-14(17)18/h5-8,12-14,17-18H,4,9-11H2,1-3H3. The minimum atomic E-state index is -0.395. The van der Waals surface area contributed by atoms with Crippen molar-refractivity contribution in [1.29, 1.82) is 0 Å². The third kappa shape index (κ3) is 3.66. The number of hydrogen-bond acceptors (Lipinski definition) is 3. The summed E-state index contributed by atoms with van der Waals surface area (Å²) in [6.07, 6.45) is 2.34. The molecule has 0 aliphatic heterocycles. The van der Waals surface area contributed by atoms with E-state index in [1.807, 2.05) is 24.3 Å². The van der Waals surface area contributed by atoms with E-state index in [1.54, 1.807) is 0 Å². The Morgan fingerprint density at radius 3 is 2.50 bits per heavy atom. The maximum absolute atomic E-state index is 10.3. The Hall–Kier alpha value is -1.22. The molecule has 0 aromatic heterocycles. The summed E-state index contributed by atoms with van der Waals surface area (Å²) in [4.78, 5) is 0. The molecule has 1 aliphatic carbocycles. The van der Waals surface area contributed by atoms with Crippen LogP contribution in [-0.2, 0) is 0 Å². The number of rotatable bonds is 5. The van der Waals surface area contributed by atoms with Crippen molar-refractivity contribution in [2.45, 2.75) is 52.2 Å². The fraction of sp³-hybridized carbons (Fsp3) is 0.647. The van der Waals surface area contributed by atoms with Gasteiger partial charge < -0.3 is 14.6 Å². The summed E-state index contributed by atoms with van der Waals surface area (Å²) in [5, 5.41) is 10.3. The molecule has 1 aromatic rings. The zero-order chi connectivity index (χ0) is 14.5. The third-order valence-corrected chi connectivity index (χ3v) is 3.93. The molecule has 4 unspecified atom stereocenters. The van der Waals surface area contributed by atoms with Crippen LogP contribution in [0, 0.1) is 11.8 Å². The minimum Gasteiger partial charge on any atom is -0.490 e. The summed E-state index contributed by atoms with van der Waals surface area (Å²) in [6.45, 7) is 7.10. The topological polar surface area (TPSA) is 38.7 Å². The second-order valence-electron chi connectivity index (χ2n) is 6.00. The SMILES string of the molecule is CCCOc1ccccc1OC1C(C)CC(C)CC1O. The van der Waals surface area contributed by atoms with Gasteiger partial charge in [-0.25, -0.2) is 0 Å². The molecular weight excluding hydrogens is 252 g/mol. The average molecular weight is 278 g/mol. The van der Waals surface area contributed by atoms with E-state index in [1.165, 1.54) is 0 Å². The maximum atomic E-state index is 10.3. The van der Waals surface area contributed by atoms with Gasteiger partial charge in [-0.05, 0) is 43.2 Å². The lowest BCUT2D eigenvalue weighted by Crippen LogP contribution is -2.43. The van der Waals surface area contributed by atoms with E-state index in [0.29, 0.717) is 18.4 Å². The van der Waals surface area contributed by atoms with E-state index in [9.17, 15) is 5.11 Å². The normalized spacial score (nSPS) is 30.0. The van der Waals surface area contributed by atoms with Gasteiger partial charge in [0.15, 0.2) is 11.5 Å². The van der Waals surface area contributed by atoms with Crippen LogP contribution in [0.15, 0.2) is 24.3 Å². The van der Waals surface area contributed by atoms with Crippen molar-refractivity contribution in [2.24, 2.45) is 11.8 Å². The first-order valence-corrected chi connectivity index (χ1v) is 7.68. The highest BCUT2D eigenvalue weighted by atomic mass is 16.5. The van der Waals surface area contributed by atoms with Gasteiger partial charge >= 0.3 is 0 Å². The molecule has 2 rings (SSSR count). The zero-order valence-electron chi connectivity index (χ0n) is 12.7. The van der Waals surface area contributed by atoms with Crippen molar-refractivity contribution in [1.82, 2.24) is 0 Å². The number of aliphatic hydroxyl groups excluding tert-OH is 1. The smallest absolute Gasteiger partial charge is 0.161 e. The third-order valence-electron chi connectivity index (χ3n) is 3.93. The van der Waals surface area contributed by atoms with Crippen LogP contribution in [0.2, 0.25) is 0 Å².